The topological polar surface area (TPSA) is 77.1 Å². The van der Waals surface area contributed by atoms with E-state index in [2.05, 4.69) is 5.43 Å². The number of hydrogen-bond donors (Lipinski definition) is 1. The summed E-state index contributed by atoms with van der Waals surface area (Å²) < 4.78 is 17.3. The highest BCUT2D eigenvalue weighted by Crippen LogP contribution is 2.32. The van der Waals surface area contributed by atoms with E-state index in [-0.39, 0.29) is 0 Å². The van der Waals surface area contributed by atoms with Crippen molar-refractivity contribution in [3.05, 3.63) is 40.9 Å². The molecule has 1 heterocycles. The van der Waals surface area contributed by atoms with Crippen molar-refractivity contribution in [2.75, 3.05) is 0 Å². The summed E-state index contributed by atoms with van der Waals surface area (Å²) in [6.07, 6.45) is 3.19. The van der Waals surface area contributed by atoms with Gasteiger partial charge in [0.05, 0.1) is 17.7 Å². The Morgan fingerprint density at radius 3 is 2.21 bits per heavy atom. The third kappa shape index (κ3) is 9.26. The molecule has 2 amide bonds. The first-order chi connectivity index (χ1) is 15.0. The van der Waals surface area contributed by atoms with Crippen molar-refractivity contribution < 1.29 is 23.8 Å². The summed E-state index contributed by atoms with van der Waals surface area (Å²) >= 11 is 5.99. The van der Waals surface area contributed by atoms with Gasteiger partial charge in [0.2, 0.25) is 0 Å². The summed E-state index contributed by atoms with van der Waals surface area (Å²) in [7, 11) is 0. The molecule has 1 aliphatic rings. The number of benzene rings is 1. The Morgan fingerprint density at radius 2 is 1.67 bits per heavy atom. The molecule has 1 aliphatic heterocycles. The van der Waals surface area contributed by atoms with Gasteiger partial charge in [-0.25, -0.2) is 20.0 Å². The Labute approximate surface area is 202 Å². The SMILES string of the molecule is CC(C)(C)OC(=O)NN(C(=O)OC(C)(C)C)C1CCC(C)(C)O[C@H]1C=Cc1ccc(Cl)cc1. The van der Waals surface area contributed by atoms with Gasteiger partial charge in [0, 0.05) is 5.02 Å². The van der Waals surface area contributed by atoms with Crippen LogP contribution in [0.15, 0.2) is 30.3 Å². The average molecular weight is 481 g/mol. The van der Waals surface area contributed by atoms with Gasteiger partial charge < -0.3 is 14.2 Å². The summed E-state index contributed by atoms with van der Waals surface area (Å²) in [5.74, 6) is 0. The Balaban J connectivity index is 2.35. The molecule has 184 valence electrons. The number of hydrogen-bond acceptors (Lipinski definition) is 5. The zero-order valence-corrected chi connectivity index (χ0v) is 21.7. The van der Waals surface area contributed by atoms with Crippen molar-refractivity contribution in [3.63, 3.8) is 0 Å². The van der Waals surface area contributed by atoms with Gasteiger partial charge >= 0.3 is 12.2 Å². The Kier molecular flexibility index (Phi) is 8.47. The maximum absolute atomic E-state index is 13.1. The number of nitrogens with zero attached hydrogens (tertiary/aromatic N) is 1. The van der Waals surface area contributed by atoms with Gasteiger partial charge in [0.1, 0.15) is 11.2 Å². The quantitative estimate of drug-likeness (QED) is 0.509. The van der Waals surface area contributed by atoms with E-state index in [4.69, 9.17) is 25.8 Å². The molecule has 1 saturated heterocycles. The molecule has 2 rings (SSSR count). The number of carbonyl (C=O) groups is 2. The lowest BCUT2D eigenvalue weighted by Gasteiger charge is -2.44. The first-order valence-corrected chi connectivity index (χ1v) is 11.6. The lowest BCUT2D eigenvalue weighted by molar-refractivity contribution is -0.129. The predicted octanol–water partition coefficient (Wildman–Crippen LogP) is 6.36. The van der Waals surface area contributed by atoms with Crippen molar-refractivity contribution in [2.45, 2.75) is 97.2 Å². The number of carbonyl (C=O) groups excluding carboxylic acids is 2. The molecule has 0 saturated carbocycles. The van der Waals surface area contributed by atoms with Gasteiger partial charge in [0.15, 0.2) is 0 Å². The monoisotopic (exact) mass is 480 g/mol. The van der Waals surface area contributed by atoms with Crippen LogP contribution < -0.4 is 5.43 Å². The minimum absolute atomic E-state index is 0.392. The molecule has 0 aromatic heterocycles. The van der Waals surface area contributed by atoms with E-state index in [1.54, 1.807) is 53.7 Å². The Hall–Kier alpha value is -2.25. The first kappa shape index (κ1) is 27.0. The van der Waals surface area contributed by atoms with E-state index in [1.165, 1.54) is 5.01 Å². The molecule has 1 aromatic rings. The van der Waals surface area contributed by atoms with Gasteiger partial charge in [-0.05, 0) is 85.9 Å². The van der Waals surface area contributed by atoms with Crippen LogP contribution in [0.3, 0.4) is 0 Å². The molecule has 0 aliphatic carbocycles. The molecule has 7 nitrogen and oxygen atoms in total. The summed E-state index contributed by atoms with van der Waals surface area (Å²) in [4.78, 5) is 25.7. The lowest BCUT2D eigenvalue weighted by Crippen LogP contribution is -2.60. The molecule has 1 fully saturated rings. The van der Waals surface area contributed by atoms with Crippen LogP contribution >= 0.6 is 11.6 Å². The third-order valence-corrected chi connectivity index (χ3v) is 5.01. The van der Waals surface area contributed by atoms with Gasteiger partial charge in [-0.2, -0.15) is 0 Å². The first-order valence-electron chi connectivity index (χ1n) is 11.2. The molecule has 0 bridgehead atoms. The van der Waals surface area contributed by atoms with Crippen LogP contribution in [0, 0.1) is 0 Å². The molecule has 1 aromatic carbocycles. The van der Waals surface area contributed by atoms with E-state index in [9.17, 15) is 9.59 Å². The fourth-order valence-corrected chi connectivity index (χ4v) is 3.49. The number of halogens is 1. The summed E-state index contributed by atoms with van der Waals surface area (Å²) in [5.41, 5.74) is 1.68. The zero-order chi connectivity index (χ0) is 25.0. The molecular weight excluding hydrogens is 444 g/mol. The minimum atomic E-state index is -0.742. The van der Waals surface area contributed by atoms with Gasteiger partial charge in [-0.3, -0.25) is 0 Å². The number of amides is 2. The fraction of sp³-hybridized carbons (Fsp3) is 0.600. The van der Waals surface area contributed by atoms with E-state index >= 15 is 0 Å². The second-order valence-electron chi connectivity index (χ2n) is 10.8. The highest BCUT2D eigenvalue weighted by molar-refractivity contribution is 6.30. The van der Waals surface area contributed by atoms with E-state index < -0.39 is 41.1 Å². The number of ether oxygens (including phenoxy) is 3. The normalized spacial score (nSPS) is 20.9. The third-order valence-electron chi connectivity index (χ3n) is 4.76. The number of rotatable bonds is 3. The molecular formula is C25H37ClN2O5. The highest BCUT2D eigenvalue weighted by Gasteiger charge is 2.42. The maximum atomic E-state index is 13.1. The van der Waals surface area contributed by atoms with Crippen molar-refractivity contribution in [2.24, 2.45) is 0 Å². The maximum Gasteiger partial charge on any atom is 0.429 e. The largest absolute Gasteiger partial charge is 0.443 e. The predicted molar refractivity (Wildman–Crippen MR) is 130 cm³/mol. The van der Waals surface area contributed by atoms with Crippen LogP contribution in [0.2, 0.25) is 5.02 Å². The van der Waals surface area contributed by atoms with E-state index in [1.807, 2.05) is 38.1 Å². The van der Waals surface area contributed by atoms with Crippen molar-refractivity contribution in [3.8, 4) is 0 Å². The van der Waals surface area contributed by atoms with E-state index in [0.29, 0.717) is 17.9 Å². The molecule has 0 spiro atoms. The van der Waals surface area contributed by atoms with E-state index in [0.717, 1.165) is 5.56 Å². The minimum Gasteiger partial charge on any atom is -0.443 e. The number of nitrogens with one attached hydrogen (secondary N) is 1. The van der Waals surface area contributed by atoms with Crippen LogP contribution in [-0.2, 0) is 14.2 Å². The van der Waals surface area contributed by atoms with Crippen LogP contribution in [0.1, 0.15) is 73.8 Å². The second-order valence-corrected chi connectivity index (χ2v) is 11.3. The Morgan fingerprint density at radius 1 is 1.09 bits per heavy atom. The second kappa shape index (κ2) is 10.3. The number of hydrazine groups is 1. The molecule has 8 heteroatoms. The van der Waals surface area contributed by atoms with Crippen molar-refractivity contribution >= 4 is 29.9 Å². The van der Waals surface area contributed by atoms with Gasteiger partial charge in [-0.1, -0.05) is 35.9 Å². The van der Waals surface area contributed by atoms with Crippen LogP contribution in [0.25, 0.3) is 6.08 Å². The zero-order valence-electron chi connectivity index (χ0n) is 20.9. The molecule has 0 radical (unpaired) electrons. The molecule has 2 atom stereocenters. The van der Waals surface area contributed by atoms with Gasteiger partial charge in [0.25, 0.3) is 0 Å². The lowest BCUT2D eigenvalue weighted by atomic mass is 9.90. The Bertz CT molecular complexity index is 853. The summed E-state index contributed by atoms with van der Waals surface area (Å²) in [6.45, 7) is 14.6. The van der Waals surface area contributed by atoms with Crippen LogP contribution in [-0.4, -0.2) is 46.1 Å². The van der Waals surface area contributed by atoms with Crippen LogP contribution in [0.5, 0.6) is 0 Å². The smallest absolute Gasteiger partial charge is 0.429 e. The summed E-state index contributed by atoms with van der Waals surface area (Å²) in [6, 6.07) is 6.91. The molecule has 1 N–H and O–H groups in total. The van der Waals surface area contributed by atoms with Crippen LogP contribution in [0.4, 0.5) is 9.59 Å². The fourth-order valence-electron chi connectivity index (χ4n) is 3.36. The highest BCUT2D eigenvalue weighted by atomic mass is 35.5. The molecule has 1 unspecified atom stereocenters. The van der Waals surface area contributed by atoms with Crippen molar-refractivity contribution in [1.82, 2.24) is 10.4 Å². The molecule has 33 heavy (non-hydrogen) atoms. The average Bonchev–Trinajstić information content (AvgIpc) is 2.63. The van der Waals surface area contributed by atoms with Crippen molar-refractivity contribution in [1.29, 1.82) is 0 Å². The standard InChI is InChI=1S/C25H37ClN2O5/c1-23(2,3)32-21(29)27-28(22(30)33-24(4,5)6)19-15-16-25(7,8)31-20(19)14-11-17-9-12-18(26)13-10-17/h9-14,19-20H,15-16H2,1-8H3,(H,27,29)/t19?,20-/m0/s1. The van der Waals surface area contributed by atoms with Gasteiger partial charge in [-0.15, -0.1) is 0 Å². The summed E-state index contributed by atoms with van der Waals surface area (Å²) in [5, 5.41) is 1.85.